The second-order valence-corrected chi connectivity index (χ2v) is 7.64. The Labute approximate surface area is 128 Å². The monoisotopic (exact) mass is 294 g/mol. The van der Waals surface area contributed by atoms with Gasteiger partial charge in [0.25, 0.3) is 0 Å². The van der Waals surface area contributed by atoms with Crippen molar-refractivity contribution in [2.24, 2.45) is 11.8 Å². The van der Waals surface area contributed by atoms with Gasteiger partial charge in [-0.05, 0) is 64.2 Å². The van der Waals surface area contributed by atoms with Gasteiger partial charge in [0.15, 0.2) is 0 Å². The first kappa shape index (κ1) is 15.3. The number of carbonyl (C=O) groups excluding carboxylic acids is 1. The molecule has 0 bridgehead atoms. The van der Waals surface area contributed by atoms with Gasteiger partial charge in [0.05, 0.1) is 7.11 Å². The molecule has 4 heteroatoms. The molecule has 3 aliphatic carbocycles. The second kappa shape index (κ2) is 5.88. The first-order valence-electron chi connectivity index (χ1n) is 8.65. The normalized spacial score (nSPS) is 25.2. The van der Waals surface area contributed by atoms with Crippen molar-refractivity contribution in [2.75, 3.05) is 20.2 Å². The van der Waals surface area contributed by atoms with Crippen molar-refractivity contribution in [2.45, 2.75) is 70.0 Å². The molecule has 4 nitrogen and oxygen atoms in total. The number of hydrogen-bond donors (Lipinski definition) is 1. The van der Waals surface area contributed by atoms with Crippen molar-refractivity contribution in [3.8, 4) is 0 Å². The van der Waals surface area contributed by atoms with Crippen LogP contribution in [0, 0.1) is 11.8 Å². The Balaban J connectivity index is 1.76. The molecule has 1 unspecified atom stereocenters. The molecule has 1 N–H and O–H groups in total. The zero-order chi connectivity index (χ0) is 15.0. The van der Waals surface area contributed by atoms with Crippen molar-refractivity contribution in [3.63, 3.8) is 0 Å². The number of methoxy groups -OCH3 is 1. The fourth-order valence-electron chi connectivity index (χ4n) is 3.59. The number of nitrogens with one attached hydrogen (secondary N) is 1. The predicted octanol–water partition coefficient (Wildman–Crippen LogP) is 2.18. The summed E-state index contributed by atoms with van der Waals surface area (Å²) in [4.78, 5) is 15.2. The van der Waals surface area contributed by atoms with Gasteiger partial charge in [-0.1, -0.05) is 0 Å². The van der Waals surface area contributed by atoms with E-state index >= 15 is 0 Å². The fourth-order valence-corrected chi connectivity index (χ4v) is 3.59. The van der Waals surface area contributed by atoms with E-state index in [9.17, 15) is 4.79 Å². The van der Waals surface area contributed by atoms with E-state index in [1.807, 2.05) is 0 Å². The lowest BCUT2D eigenvalue weighted by Crippen LogP contribution is -2.63. The summed E-state index contributed by atoms with van der Waals surface area (Å²) in [5, 5.41) is 3.60. The zero-order valence-electron chi connectivity index (χ0n) is 13.7. The molecule has 21 heavy (non-hydrogen) atoms. The van der Waals surface area contributed by atoms with E-state index in [4.69, 9.17) is 4.74 Å². The van der Waals surface area contributed by atoms with Crippen LogP contribution in [0.4, 0.5) is 0 Å². The number of ether oxygens (including phenoxy) is 1. The van der Waals surface area contributed by atoms with Crippen molar-refractivity contribution in [3.05, 3.63) is 0 Å². The molecule has 0 aromatic heterocycles. The van der Waals surface area contributed by atoms with Crippen molar-refractivity contribution >= 4 is 5.97 Å². The van der Waals surface area contributed by atoms with Crippen LogP contribution in [-0.2, 0) is 9.53 Å². The summed E-state index contributed by atoms with van der Waals surface area (Å²) in [6.07, 6.45) is 7.64. The lowest BCUT2D eigenvalue weighted by Gasteiger charge is -2.39. The Morgan fingerprint density at radius 3 is 2.33 bits per heavy atom. The predicted molar refractivity (Wildman–Crippen MR) is 83.1 cm³/mol. The molecule has 0 aromatic rings. The van der Waals surface area contributed by atoms with E-state index in [-0.39, 0.29) is 5.97 Å². The van der Waals surface area contributed by atoms with Gasteiger partial charge in [0, 0.05) is 25.2 Å². The van der Waals surface area contributed by atoms with Gasteiger partial charge in [-0.2, -0.15) is 0 Å². The molecule has 0 amide bonds. The molecule has 0 saturated heterocycles. The van der Waals surface area contributed by atoms with E-state index in [0.717, 1.165) is 25.3 Å². The van der Waals surface area contributed by atoms with Crippen LogP contribution in [0.1, 0.15) is 52.4 Å². The molecule has 3 rings (SSSR count). The number of esters is 1. The molecule has 0 aliphatic heterocycles. The van der Waals surface area contributed by atoms with Gasteiger partial charge < -0.3 is 4.74 Å². The van der Waals surface area contributed by atoms with Crippen LogP contribution in [0.2, 0.25) is 0 Å². The largest absolute Gasteiger partial charge is 0.468 e. The minimum absolute atomic E-state index is 0.0554. The highest BCUT2D eigenvalue weighted by Gasteiger charge is 2.54. The Hall–Kier alpha value is -0.610. The highest BCUT2D eigenvalue weighted by atomic mass is 16.5. The first-order chi connectivity index (χ1) is 10.0. The third-order valence-corrected chi connectivity index (χ3v) is 5.08. The van der Waals surface area contributed by atoms with Crippen LogP contribution < -0.4 is 5.32 Å². The Morgan fingerprint density at radius 1 is 1.24 bits per heavy atom. The second-order valence-electron chi connectivity index (χ2n) is 7.64. The van der Waals surface area contributed by atoms with Gasteiger partial charge >= 0.3 is 5.97 Å². The van der Waals surface area contributed by atoms with E-state index in [2.05, 4.69) is 24.1 Å². The Morgan fingerprint density at radius 2 is 1.90 bits per heavy atom. The number of carbonyl (C=O) groups is 1. The molecule has 0 aromatic carbocycles. The molecule has 3 fully saturated rings. The molecule has 120 valence electrons. The van der Waals surface area contributed by atoms with Gasteiger partial charge in [-0.3, -0.25) is 10.2 Å². The summed E-state index contributed by atoms with van der Waals surface area (Å²) >= 11 is 0. The quantitative estimate of drug-likeness (QED) is 0.662. The smallest absolute Gasteiger partial charge is 0.327 e. The topological polar surface area (TPSA) is 41.6 Å². The summed E-state index contributed by atoms with van der Waals surface area (Å²) in [7, 11) is 1.53. The summed E-state index contributed by atoms with van der Waals surface area (Å²) in [5.74, 6) is 1.27. The average Bonchev–Trinajstić information content (AvgIpc) is 3.29. The van der Waals surface area contributed by atoms with Crippen LogP contribution in [0.5, 0.6) is 0 Å². The van der Waals surface area contributed by atoms with Crippen molar-refractivity contribution in [1.29, 1.82) is 0 Å². The highest BCUT2D eigenvalue weighted by Crippen LogP contribution is 2.43. The van der Waals surface area contributed by atoms with E-state index in [0.29, 0.717) is 18.0 Å². The first-order valence-corrected chi connectivity index (χ1v) is 8.65. The standard InChI is InChI=1S/C17H30N2O2/c1-12(2)18-17(14-6-7-14,16(20)21-3)11-19(15-8-9-15)10-13-4-5-13/h12-15,18H,4-11H2,1-3H3. The minimum Gasteiger partial charge on any atom is -0.468 e. The zero-order valence-corrected chi connectivity index (χ0v) is 13.7. The molecule has 3 saturated carbocycles. The van der Waals surface area contributed by atoms with E-state index < -0.39 is 5.54 Å². The average molecular weight is 294 g/mol. The summed E-state index contributed by atoms with van der Waals surface area (Å²) in [6.45, 7) is 6.27. The lowest BCUT2D eigenvalue weighted by atomic mass is 9.90. The molecule has 0 radical (unpaired) electrons. The third kappa shape index (κ3) is 3.59. The Kier molecular flexibility index (Phi) is 4.28. The van der Waals surface area contributed by atoms with Crippen LogP contribution in [0.15, 0.2) is 0 Å². The number of nitrogens with zero attached hydrogens (tertiary/aromatic N) is 1. The van der Waals surface area contributed by atoms with Crippen LogP contribution in [0.25, 0.3) is 0 Å². The molecule has 3 aliphatic rings. The maximum atomic E-state index is 12.6. The third-order valence-electron chi connectivity index (χ3n) is 5.08. The van der Waals surface area contributed by atoms with Gasteiger partial charge in [-0.15, -0.1) is 0 Å². The molecule has 1 atom stereocenters. The van der Waals surface area contributed by atoms with Gasteiger partial charge in [0.2, 0.25) is 0 Å². The van der Waals surface area contributed by atoms with Crippen molar-refractivity contribution < 1.29 is 9.53 Å². The number of rotatable bonds is 9. The maximum Gasteiger partial charge on any atom is 0.327 e. The molecule has 0 spiro atoms. The van der Waals surface area contributed by atoms with E-state index in [1.165, 1.54) is 39.3 Å². The summed E-state index contributed by atoms with van der Waals surface area (Å²) < 4.78 is 5.21. The minimum atomic E-state index is -0.486. The van der Waals surface area contributed by atoms with Gasteiger partial charge in [-0.25, -0.2) is 4.79 Å². The molecular weight excluding hydrogens is 264 g/mol. The lowest BCUT2D eigenvalue weighted by molar-refractivity contribution is -0.151. The SMILES string of the molecule is COC(=O)C(CN(CC1CC1)C1CC1)(NC(C)C)C1CC1. The maximum absolute atomic E-state index is 12.6. The number of hydrogen-bond acceptors (Lipinski definition) is 4. The molecular formula is C17H30N2O2. The summed E-state index contributed by atoms with van der Waals surface area (Å²) in [6, 6.07) is 1.01. The van der Waals surface area contributed by atoms with E-state index in [1.54, 1.807) is 0 Å². The van der Waals surface area contributed by atoms with Crippen LogP contribution in [-0.4, -0.2) is 48.7 Å². The van der Waals surface area contributed by atoms with Crippen LogP contribution >= 0.6 is 0 Å². The fraction of sp³-hybridized carbons (Fsp3) is 0.941. The highest BCUT2D eigenvalue weighted by molar-refractivity contribution is 5.82. The van der Waals surface area contributed by atoms with Crippen molar-refractivity contribution in [1.82, 2.24) is 10.2 Å². The Bertz CT molecular complexity index is 386. The van der Waals surface area contributed by atoms with Crippen LogP contribution in [0.3, 0.4) is 0 Å². The molecule has 0 heterocycles. The summed E-state index contributed by atoms with van der Waals surface area (Å²) in [5.41, 5.74) is -0.486. The van der Waals surface area contributed by atoms with Gasteiger partial charge in [0.1, 0.15) is 5.54 Å².